The molecular formula is C7H10F4N2O. The van der Waals surface area contributed by atoms with Crippen LogP contribution in [0.2, 0.25) is 0 Å². The number of urea groups is 1. The van der Waals surface area contributed by atoms with Gasteiger partial charge in [0.15, 0.2) is 0 Å². The van der Waals surface area contributed by atoms with Crippen molar-refractivity contribution in [2.24, 2.45) is 0 Å². The van der Waals surface area contributed by atoms with Crippen molar-refractivity contribution in [3.8, 4) is 0 Å². The van der Waals surface area contributed by atoms with Crippen molar-refractivity contribution < 1.29 is 22.4 Å². The third kappa shape index (κ3) is 3.39. The summed E-state index contributed by atoms with van der Waals surface area (Å²) in [4.78, 5) is 10.8. The maximum Gasteiger partial charge on any atom is 0.324 e. The van der Waals surface area contributed by atoms with Crippen LogP contribution in [0, 0.1) is 0 Å². The molecule has 2 amide bonds. The van der Waals surface area contributed by atoms with E-state index in [0.717, 1.165) is 12.8 Å². The highest BCUT2D eigenvalue weighted by atomic mass is 19.3. The van der Waals surface area contributed by atoms with Crippen LogP contribution in [0.4, 0.5) is 22.4 Å². The summed E-state index contributed by atoms with van der Waals surface area (Å²) in [6, 6.07) is -0.817. The molecular weight excluding hydrogens is 204 g/mol. The van der Waals surface area contributed by atoms with Gasteiger partial charge in [0.25, 0.3) is 0 Å². The van der Waals surface area contributed by atoms with Gasteiger partial charge in [0.1, 0.15) is 0 Å². The number of amides is 2. The van der Waals surface area contributed by atoms with Crippen LogP contribution in [-0.4, -0.2) is 31.0 Å². The molecule has 0 atom stereocenters. The second kappa shape index (κ2) is 4.02. The predicted octanol–water partition coefficient (Wildman–Crippen LogP) is 1.35. The molecule has 0 aromatic carbocycles. The molecule has 0 radical (unpaired) electrons. The number of hydrogen-bond acceptors (Lipinski definition) is 1. The zero-order valence-electron chi connectivity index (χ0n) is 7.20. The average molecular weight is 214 g/mol. The second-order valence-electron chi connectivity index (χ2n) is 3.16. The molecule has 1 fully saturated rings. The SMILES string of the molecule is O=C(NCC(F)(F)C(F)F)NC1CC1. The Morgan fingerprint density at radius 3 is 2.43 bits per heavy atom. The van der Waals surface area contributed by atoms with E-state index in [0.29, 0.717) is 0 Å². The molecule has 0 heterocycles. The number of carbonyl (C=O) groups excluding carboxylic acids is 1. The number of alkyl halides is 4. The summed E-state index contributed by atoms with van der Waals surface area (Å²) in [5.74, 6) is -4.17. The van der Waals surface area contributed by atoms with E-state index in [-0.39, 0.29) is 6.04 Å². The van der Waals surface area contributed by atoms with Gasteiger partial charge in [-0.3, -0.25) is 0 Å². The Balaban J connectivity index is 2.20. The topological polar surface area (TPSA) is 41.1 Å². The Kier molecular flexibility index (Phi) is 3.17. The number of nitrogens with one attached hydrogen (secondary N) is 2. The largest absolute Gasteiger partial charge is 0.335 e. The Hall–Kier alpha value is -1.01. The van der Waals surface area contributed by atoms with Crippen molar-refractivity contribution in [2.75, 3.05) is 6.54 Å². The smallest absolute Gasteiger partial charge is 0.324 e. The van der Waals surface area contributed by atoms with Crippen molar-refractivity contribution in [1.82, 2.24) is 10.6 Å². The summed E-state index contributed by atoms with van der Waals surface area (Å²) in [5.41, 5.74) is 0. The lowest BCUT2D eigenvalue weighted by Crippen LogP contribution is -2.45. The molecule has 1 saturated carbocycles. The lowest BCUT2D eigenvalue weighted by atomic mass is 10.3. The lowest BCUT2D eigenvalue weighted by molar-refractivity contribution is -0.123. The molecule has 0 saturated heterocycles. The Labute approximate surface area is 77.8 Å². The number of halogens is 4. The molecule has 2 N–H and O–H groups in total. The third-order valence-electron chi connectivity index (χ3n) is 1.72. The normalized spacial score (nSPS) is 16.9. The molecule has 0 aliphatic heterocycles. The molecule has 1 rings (SSSR count). The molecule has 1 aliphatic rings. The fraction of sp³-hybridized carbons (Fsp3) is 0.857. The van der Waals surface area contributed by atoms with E-state index in [4.69, 9.17) is 0 Å². The van der Waals surface area contributed by atoms with Gasteiger partial charge in [-0.25, -0.2) is 13.6 Å². The van der Waals surface area contributed by atoms with Gasteiger partial charge in [0.2, 0.25) is 0 Å². The van der Waals surface area contributed by atoms with Crippen LogP contribution >= 0.6 is 0 Å². The first-order valence-corrected chi connectivity index (χ1v) is 4.12. The van der Waals surface area contributed by atoms with E-state index in [1.165, 1.54) is 0 Å². The predicted molar refractivity (Wildman–Crippen MR) is 40.5 cm³/mol. The van der Waals surface area contributed by atoms with Crippen molar-refractivity contribution in [2.45, 2.75) is 31.2 Å². The average Bonchev–Trinajstić information content (AvgIpc) is 2.85. The summed E-state index contributed by atoms with van der Waals surface area (Å²) in [6.45, 7) is -1.34. The number of carbonyl (C=O) groups is 1. The minimum absolute atomic E-state index is 0.00942. The van der Waals surface area contributed by atoms with Crippen molar-refractivity contribution in [1.29, 1.82) is 0 Å². The van der Waals surface area contributed by atoms with Gasteiger partial charge in [-0.15, -0.1) is 0 Å². The highest BCUT2D eigenvalue weighted by Gasteiger charge is 2.41. The van der Waals surface area contributed by atoms with E-state index in [9.17, 15) is 22.4 Å². The monoisotopic (exact) mass is 214 g/mol. The molecule has 1 aliphatic carbocycles. The first-order valence-electron chi connectivity index (χ1n) is 4.12. The summed E-state index contributed by atoms with van der Waals surface area (Å²) in [6.07, 6.45) is -2.15. The van der Waals surface area contributed by atoms with E-state index >= 15 is 0 Å². The van der Waals surface area contributed by atoms with Gasteiger partial charge >= 0.3 is 18.4 Å². The Morgan fingerprint density at radius 2 is 2.00 bits per heavy atom. The summed E-state index contributed by atoms with van der Waals surface area (Å²) >= 11 is 0. The van der Waals surface area contributed by atoms with Gasteiger partial charge in [-0.2, -0.15) is 8.78 Å². The summed E-state index contributed by atoms with van der Waals surface area (Å²) < 4.78 is 47.8. The quantitative estimate of drug-likeness (QED) is 0.681. The van der Waals surface area contributed by atoms with Crippen LogP contribution in [-0.2, 0) is 0 Å². The highest BCUT2D eigenvalue weighted by molar-refractivity contribution is 5.74. The highest BCUT2D eigenvalue weighted by Crippen LogP contribution is 2.21. The molecule has 14 heavy (non-hydrogen) atoms. The molecule has 0 spiro atoms. The molecule has 7 heteroatoms. The Morgan fingerprint density at radius 1 is 1.43 bits per heavy atom. The van der Waals surface area contributed by atoms with Gasteiger partial charge in [0.05, 0.1) is 6.54 Å². The van der Waals surface area contributed by atoms with Crippen LogP contribution in [0.5, 0.6) is 0 Å². The fourth-order valence-corrected chi connectivity index (χ4v) is 0.739. The molecule has 0 unspecified atom stereocenters. The van der Waals surface area contributed by atoms with E-state index in [1.807, 2.05) is 0 Å². The first-order chi connectivity index (χ1) is 6.42. The first kappa shape index (κ1) is 11.1. The van der Waals surface area contributed by atoms with E-state index in [2.05, 4.69) is 5.32 Å². The van der Waals surface area contributed by atoms with E-state index < -0.39 is 24.9 Å². The van der Waals surface area contributed by atoms with Gasteiger partial charge in [-0.05, 0) is 12.8 Å². The third-order valence-corrected chi connectivity index (χ3v) is 1.72. The lowest BCUT2D eigenvalue weighted by Gasteiger charge is -2.15. The molecule has 0 bridgehead atoms. The zero-order chi connectivity index (χ0) is 10.8. The molecule has 3 nitrogen and oxygen atoms in total. The zero-order valence-corrected chi connectivity index (χ0v) is 7.20. The minimum atomic E-state index is -4.17. The second-order valence-corrected chi connectivity index (χ2v) is 3.16. The summed E-state index contributed by atoms with van der Waals surface area (Å²) in [5, 5.41) is 4.03. The van der Waals surface area contributed by atoms with Crippen LogP contribution in [0.25, 0.3) is 0 Å². The van der Waals surface area contributed by atoms with Crippen LogP contribution in [0.15, 0.2) is 0 Å². The number of rotatable bonds is 4. The number of hydrogen-bond donors (Lipinski definition) is 2. The molecule has 82 valence electrons. The fourth-order valence-electron chi connectivity index (χ4n) is 0.739. The van der Waals surface area contributed by atoms with Crippen molar-refractivity contribution >= 4 is 6.03 Å². The van der Waals surface area contributed by atoms with Gasteiger partial charge in [-0.1, -0.05) is 0 Å². The maximum atomic E-state index is 12.3. The van der Waals surface area contributed by atoms with Crippen molar-refractivity contribution in [3.63, 3.8) is 0 Å². The minimum Gasteiger partial charge on any atom is -0.335 e. The van der Waals surface area contributed by atoms with Gasteiger partial charge in [0, 0.05) is 6.04 Å². The Bertz CT molecular complexity index is 218. The van der Waals surface area contributed by atoms with Gasteiger partial charge < -0.3 is 10.6 Å². The van der Waals surface area contributed by atoms with Crippen LogP contribution in [0.1, 0.15) is 12.8 Å². The standard InChI is InChI=1S/C7H10F4N2O/c8-5(9)7(10,11)3-12-6(14)13-4-1-2-4/h4-5H,1-3H2,(H2,12,13,14). The van der Waals surface area contributed by atoms with Crippen LogP contribution in [0.3, 0.4) is 0 Å². The molecule has 0 aromatic rings. The van der Waals surface area contributed by atoms with Crippen molar-refractivity contribution in [3.05, 3.63) is 0 Å². The maximum absolute atomic E-state index is 12.3. The van der Waals surface area contributed by atoms with E-state index in [1.54, 1.807) is 5.32 Å². The van der Waals surface area contributed by atoms with Crippen LogP contribution < -0.4 is 10.6 Å². The molecule has 0 aromatic heterocycles. The summed E-state index contributed by atoms with van der Waals surface area (Å²) in [7, 11) is 0.